The van der Waals surface area contributed by atoms with Crippen molar-refractivity contribution in [2.45, 2.75) is 22.7 Å². The minimum Gasteiger partial charge on any atom is -0.508 e. The van der Waals surface area contributed by atoms with Crippen LogP contribution in [0.2, 0.25) is 0 Å². The minimum absolute atomic E-state index is 0.0462. The fourth-order valence-corrected chi connectivity index (χ4v) is 8.01. The van der Waals surface area contributed by atoms with Gasteiger partial charge in [0.25, 0.3) is 0 Å². The maximum absolute atomic E-state index is 13.9. The van der Waals surface area contributed by atoms with Crippen LogP contribution in [0.4, 0.5) is 15.8 Å². The number of nitrogens with one attached hydrogen (secondary N) is 1. The number of carbonyl (C=O) groups excluding carboxylic acids is 3. The molecule has 2 N–H and O–H groups in total. The molecule has 0 aliphatic carbocycles. The first-order valence-electron chi connectivity index (χ1n) is 12.5. The number of thioether (sulfide) groups is 1. The van der Waals surface area contributed by atoms with Gasteiger partial charge in [0.1, 0.15) is 29.1 Å². The number of halogens is 1. The molecule has 3 heterocycles. The monoisotopic (exact) mass is 591 g/mol. The van der Waals surface area contributed by atoms with Crippen molar-refractivity contribution in [3.05, 3.63) is 98.7 Å². The molecule has 6 rings (SSSR count). The third-order valence-electron chi connectivity index (χ3n) is 7.06. The zero-order valence-electron chi connectivity index (χ0n) is 21.4. The van der Waals surface area contributed by atoms with Crippen molar-refractivity contribution in [3.8, 4) is 11.5 Å². The van der Waals surface area contributed by atoms with E-state index >= 15 is 0 Å². The standard InChI is InChI=1S/C29H22FN3O6S2/c1-39-20-5-3-2-4-19(20)22-23-24(27(37)33(26(23)36)17-10-6-15(30)7-11-17)40-28-25(22)41-29(38)32(28)14-21(35)31-16-8-12-18(34)13-9-16/h2-13,22-24,34H,14H2,1H3,(H,31,35). The Morgan fingerprint density at radius 1 is 1.00 bits per heavy atom. The summed E-state index contributed by atoms with van der Waals surface area (Å²) in [6.07, 6.45) is 0. The van der Waals surface area contributed by atoms with Crippen molar-refractivity contribution < 1.29 is 28.6 Å². The lowest BCUT2D eigenvalue weighted by Crippen LogP contribution is -2.33. The van der Waals surface area contributed by atoms with Crippen molar-refractivity contribution in [2.24, 2.45) is 5.92 Å². The van der Waals surface area contributed by atoms with E-state index in [1.54, 1.807) is 24.3 Å². The van der Waals surface area contributed by atoms with Crippen LogP contribution in [0.1, 0.15) is 16.4 Å². The zero-order chi connectivity index (χ0) is 28.8. The highest BCUT2D eigenvalue weighted by Gasteiger charge is 2.57. The van der Waals surface area contributed by atoms with Crippen molar-refractivity contribution in [2.75, 3.05) is 17.3 Å². The number of hydrogen-bond acceptors (Lipinski definition) is 8. The molecule has 208 valence electrons. The molecule has 12 heteroatoms. The molecule has 2 aliphatic rings. The lowest BCUT2D eigenvalue weighted by atomic mass is 9.82. The van der Waals surface area contributed by atoms with Crippen molar-refractivity contribution in [1.82, 2.24) is 4.57 Å². The van der Waals surface area contributed by atoms with Crippen molar-refractivity contribution in [3.63, 3.8) is 0 Å². The van der Waals surface area contributed by atoms with Crippen LogP contribution in [0.25, 0.3) is 0 Å². The van der Waals surface area contributed by atoms with E-state index < -0.39 is 45.5 Å². The molecule has 0 spiro atoms. The Bertz CT molecular complexity index is 1730. The van der Waals surface area contributed by atoms with Crippen LogP contribution < -0.4 is 19.8 Å². The molecule has 3 aromatic carbocycles. The molecule has 2 aliphatic heterocycles. The van der Waals surface area contributed by atoms with E-state index in [1.165, 1.54) is 60.2 Å². The number of fused-ring (bicyclic) bond motifs is 2. The van der Waals surface area contributed by atoms with Gasteiger partial charge in [-0.25, -0.2) is 9.29 Å². The van der Waals surface area contributed by atoms with Crippen LogP contribution in [-0.4, -0.2) is 39.8 Å². The Kier molecular flexibility index (Phi) is 6.88. The molecule has 0 saturated carbocycles. The van der Waals surface area contributed by atoms with Gasteiger partial charge in [0.15, 0.2) is 0 Å². The smallest absolute Gasteiger partial charge is 0.308 e. The first-order chi connectivity index (χ1) is 19.8. The van der Waals surface area contributed by atoms with Gasteiger partial charge in [0, 0.05) is 22.0 Å². The highest BCUT2D eigenvalue weighted by Crippen LogP contribution is 2.55. The third kappa shape index (κ3) is 4.68. The number of imide groups is 1. The van der Waals surface area contributed by atoms with Crippen LogP contribution in [0.3, 0.4) is 0 Å². The minimum atomic E-state index is -0.893. The van der Waals surface area contributed by atoms with Gasteiger partial charge in [0.2, 0.25) is 17.7 Å². The van der Waals surface area contributed by atoms with Gasteiger partial charge >= 0.3 is 4.87 Å². The number of nitrogens with zero attached hydrogens (tertiary/aromatic N) is 2. The molecule has 4 aromatic rings. The highest BCUT2D eigenvalue weighted by atomic mass is 32.2. The second-order valence-electron chi connectivity index (χ2n) is 9.49. The Morgan fingerprint density at radius 3 is 2.41 bits per heavy atom. The first kappa shape index (κ1) is 26.8. The van der Waals surface area contributed by atoms with Gasteiger partial charge in [-0.2, -0.15) is 0 Å². The number of thiazole rings is 1. The summed E-state index contributed by atoms with van der Waals surface area (Å²) >= 11 is 2.01. The molecule has 3 unspecified atom stereocenters. The summed E-state index contributed by atoms with van der Waals surface area (Å²) in [4.78, 5) is 55.1. The topological polar surface area (TPSA) is 118 Å². The number of benzene rings is 3. The number of anilines is 2. The molecular formula is C29H22FN3O6S2. The Hall–Kier alpha value is -4.42. The number of aromatic nitrogens is 1. The number of amides is 3. The zero-order valence-corrected chi connectivity index (χ0v) is 23.1. The number of phenols is 1. The summed E-state index contributed by atoms with van der Waals surface area (Å²) in [6, 6.07) is 18.2. The predicted octanol–water partition coefficient (Wildman–Crippen LogP) is 4.20. The highest BCUT2D eigenvalue weighted by molar-refractivity contribution is 8.00. The molecule has 3 amide bonds. The normalized spacial score (nSPS) is 19.6. The van der Waals surface area contributed by atoms with Crippen LogP contribution in [0, 0.1) is 11.7 Å². The fourth-order valence-electron chi connectivity index (χ4n) is 5.25. The molecular weight excluding hydrogens is 569 g/mol. The van der Waals surface area contributed by atoms with E-state index in [4.69, 9.17) is 4.74 Å². The predicted molar refractivity (Wildman–Crippen MR) is 152 cm³/mol. The number of para-hydroxylation sites is 1. The van der Waals surface area contributed by atoms with Gasteiger partial charge in [0.05, 0.1) is 23.7 Å². The van der Waals surface area contributed by atoms with E-state index in [1.807, 2.05) is 0 Å². The van der Waals surface area contributed by atoms with Crippen LogP contribution in [-0.2, 0) is 20.9 Å². The van der Waals surface area contributed by atoms with E-state index in [-0.39, 0.29) is 18.0 Å². The number of methoxy groups -OCH3 is 1. The van der Waals surface area contributed by atoms with E-state index in [2.05, 4.69) is 5.32 Å². The largest absolute Gasteiger partial charge is 0.508 e. The average Bonchev–Trinajstić information content (AvgIpc) is 3.41. The summed E-state index contributed by atoms with van der Waals surface area (Å²) < 4.78 is 20.6. The number of aromatic hydroxyl groups is 1. The first-order valence-corrected chi connectivity index (χ1v) is 14.2. The second-order valence-corrected chi connectivity index (χ2v) is 11.6. The van der Waals surface area contributed by atoms with Gasteiger partial charge in [-0.3, -0.25) is 23.7 Å². The molecule has 9 nitrogen and oxygen atoms in total. The fraction of sp³-hybridized carbons (Fsp3) is 0.172. The van der Waals surface area contributed by atoms with Crippen LogP contribution >= 0.6 is 23.1 Å². The SMILES string of the molecule is COc1ccccc1C1c2sc(=O)n(CC(=O)Nc3ccc(O)cc3)c2SC2C(=O)N(c3ccc(F)cc3)C(=O)C21. The molecule has 1 fully saturated rings. The maximum Gasteiger partial charge on any atom is 0.308 e. The van der Waals surface area contributed by atoms with Gasteiger partial charge in [-0.1, -0.05) is 41.3 Å². The number of carbonyl (C=O) groups is 3. The van der Waals surface area contributed by atoms with Gasteiger partial charge < -0.3 is 15.2 Å². The quantitative estimate of drug-likeness (QED) is 0.255. The molecule has 0 bridgehead atoms. The van der Waals surface area contributed by atoms with Crippen molar-refractivity contribution >= 4 is 52.2 Å². The number of hydrogen-bond donors (Lipinski definition) is 2. The van der Waals surface area contributed by atoms with E-state index in [0.717, 1.165) is 28.0 Å². The van der Waals surface area contributed by atoms with Gasteiger partial charge in [-0.15, -0.1) is 0 Å². The molecule has 0 radical (unpaired) electrons. The third-order valence-corrected chi connectivity index (χ3v) is 9.66. The Labute approximate surface area is 241 Å². The summed E-state index contributed by atoms with van der Waals surface area (Å²) in [6.45, 7) is -0.321. The molecule has 41 heavy (non-hydrogen) atoms. The van der Waals surface area contributed by atoms with Crippen molar-refractivity contribution in [1.29, 1.82) is 0 Å². The van der Waals surface area contributed by atoms with E-state index in [9.17, 15) is 28.7 Å². The lowest BCUT2D eigenvalue weighted by molar-refractivity contribution is -0.122. The number of rotatable bonds is 6. The number of ether oxygens (including phenoxy) is 1. The Balaban J connectivity index is 1.43. The molecule has 1 aromatic heterocycles. The van der Waals surface area contributed by atoms with Crippen LogP contribution in [0.5, 0.6) is 11.5 Å². The molecule has 1 saturated heterocycles. The summed E-state index contributed by atoms with van der Waals surface area (Å²) in [5.74, 6) is -2.94. The Morgan fingerprint density at radius 2 is 1.71 bits per heavy atom. The van der Waals surface area contributed by atoms with Gasteiger partial charge in [-0.05, 0) is 54.6 Å². The number of phenolic OH excluding ortho intramolecular Hbond substituents is 1. The summed E-state index contributed by atoms with van der Waals surface area (Å²) in [7, 11) is 1.50. The summed E-state index contributed by atoms with van der Waals surface area (Å²) in [5, 5.41) is 11.7. The average molecular weight is 592 g/mol. The lowest BCUT2D eigenvalue weighted by Gasteiger charge is -2.31. The second kappa shape index (κ2) is 10.5. The van der Waals surface area contributed by atoms with Crippen LogP contribution in [0.15, 0.2) is 82.6 Å². The molecule has 3 atom stereocenters. The summed E-state index contributed by atoms with van der Waals surface area (Å²) in [5.41, 5.74) is 1.33. The maximum atomic E-state index is 13.9. The van der Waals surface area contributed by atoms with E-state index in [0.29, 0.717) is 26.9 Å².